The first-order chi connectivity index (χ1) is 16.1. The molecule has 11 heteroatoms. The zero-order valence-corrected chi connectivity index (χ0v) is 22.6. The Morgan fingerprint density at radius 3 is 2.26 bits per heavy atom. The van der Waals surface area contributed by atoms with Gasteiger partial charge in [-0.25, -0.2) is 4.79 Å². The second-order valence-corrected chi connectivity index (χ2v) is 14.7. The van der Waals surface area contributed by atoms with Gasteiger partial charge in [-0.3, -0.25) is 9.59 Å². The van der Waals surface area contributed by atoms with Crippen molar-refractivity contribution in [2.24, 2.45) is 0 Å². The van der Waals surface area contributed by atoms with Crippen LogP contribution in [0.4, 0.5) is 0 Å². The predicted molar refractivity (Wildman–Crippen MR) is 127 cm³/mol. The smallest absolute Gasteiger partial charge is 0.335 e. The number of carbonyl (C=O) groups excluding carboxylic acids is 3. The summed E-state index contributed by atoms with van der Waals surface area (Å²) in [5.41, 5.74) is 0.577. The Kier molecular flexibility index (Phi) is 9.32. The summed E-state index contributed by atoms with van der Waals surface area (Å²) in [4.78, 5) is 35.5. The van der Waals surface area contributed by atoms with Gasteiger partial charge in [-0.15, -0.1) is 0 Å². The van der Waals surface area contributed by atoms with E-state index in [1.165, 1.54) is 27.0 Å². The van der Waals surface area contributed by atoms with Crippen molar-refractivity contribution in [3.63, 3.8) is 0 Å². The van der Waals surface area contributed by atoms with E-state index in [9.17, 15) is 19.5 Å². The number of hydrogen-bond acceptors (Lipinski definition) is 10. The molecule has 0 amide bonds. The summed E-state index contributed by atoms with van der Waals surface area (Å²) in [6.07, 6.45) is -4.67. The molecule has 10 nitrogen and oxygen atoms in total. The van der Waals surface area contributed by atoms with Gasteiger partial charge in [-0.05, 0) is 30.3 Å². The molecule has 1 heterocycles. The van der Waals surface area contributed by atoms with Gasteiger partial charge >= 0.3 is 17.9 Å². The maximum Gasteiger partial charge on any atom is 0.335 e. The number of phenols is 1. The Morgan fingerprint density at radius 1 is 1.11 bits per heavy atom. The van der Waals surface area contributed by atoms with Crippen molar-refractivity contribution in [1.29, 1.82) is 0 Å². The Hall–Kier alpha value is -2.63. The molecule has 1 aromatic rings. The van der Waals surface area contributed by atoms with Crippen LogP contribution in [-0.4, -0.2) is 63.0 Å². The lowest BCUT2D eigenvalue weighted by atomic mass is 10.0. The third-order valence-corrected chi connectivity index (χ3v) is 10.6. The number of hydrogen-bond donors (Lipinski definition) is 1. The van der Waals surface area contributed by atoms with Crippen LogP contribution in [-0.2, 0) is 44.4 Å². The lowest BCUT2D eigenvalue weighted by molar-refractivity contribution is -0.251. The summed E-state index contributed by atoms with van der Waals surface area (Å²) in [5.74, 6) is -1.84. The largest absolute Gasteiger partial charge is 0.507 e. The fraction of sp³-hybridized carbons (Fsp3) is 0.625. The van der Waals surface area contributed by atoms with Crippen molar-refractivity contribution in [2.45, 2.75) is 90.4 Å². The molecule has 1 aliphatic rings. The highest BCUT2D eigenvalue weighted by Gasteiger charge is 2.47. The molecule has 0 spiro atoms. The lowest BCUT2D eigenvalue weighted by Crippen LogP contribution is -2.55. The molecular weight excluding hydrogens is 476 g/mol. The molecular formula is C24H36O10Si. The van der Waals surface area contributed by atoms with Gasteiger partial charge in [0.15, 0.2) is 14.4 Å². The van der Waals surface area contributed by atoms with Crippen LogP contribution in [0.5, 0.6) is 11.5 Å². The third kappa shape index (κ3) is 7.68. The maximum absolute atomic E-state index is 12.1. The van der Waals surface area contributed by atoms with Gasteiger partial charge in [0, 0.05) is 31.9 Å². The molecule has 1 aromatic carbocycles. The van der Waals surface area contributed by atoms with Gasteiger partial charge in [-0.1, -0.05) is 20.8 Å². The topological polar surface area (TPSA) is 127 Å². The number of benzene rings is 1. The van der Waals surface area contributed by atoms with E-state index < -0.39 is 50.8 Å². The molecule has 35 heavy (non-hydrogen) atoms. The summed E-state index contributed by atoms with van der Waals surface area (Å²) in [7, 11) is -0.826. The molecule has 0 saturated carbocycles. The molecule has 1 fully saturated rings. The second kappa shape index (κ2) is 11.4. The molecule has 1 N–H and O–H groups in total. The zero-order valence-electron chi connectivity index (χ0n) is 21.6. The van der Waals surface area contributed by atoms with Gasteiger partial charge in [0.05, 0.1) is 13.7 Å². The van der Waals surface area contributed by atoms with E-state index in [0.717, 1.165) is 0 Å². The number of rotatable bonds is 8. The number of methoxy groups -OCH3 is 1. The zero-order chi connectivity index (χ0) is 26.6. The van der Waals surface area contributed by atoms with E-state index in [1.54, 1.807) is 12.1 Å². The first-order valence-electron chi connectivity index (χ1n) is 11.3. The number of esters is 3. The summed E-state index contributed by atoms with van der Waals surface area (Å²) in [6, 6.07) is 4.63. The van der Waals surface area contributed by atoms with Gasteiger partial charge in [0.2, 0.25) is 12.4 Å². The fourth-order valence-corrected chi connectivity index (χ4v) is 4.14. The van der Waals surface area contributed by atoms with E-state index >= 15 is 0 Å². The molecule has 1 unspecified atom stereocenters. The van der Waals surface area contributed by atoms with Crippen molar-refractivity contribution in [3.8, 4) is 11.5 Å². The Morgan fingerprint density at radius 2 is 1.74 bits per heavy atom. The molecule has 0 aromatic heterocycles. The fourth-order valence-electron chi connectivity index (χ4n) is 3.19. The van der Waals surface area contributed by atoms with Gasteiger partial charge in [0.1, 0.15) is 17.6 Å². The highest BCUT2D eigenvalue weighted by Crippen LogP contribution is 2.38. The molecule has 4 atom stereocenters. The highest BCUT2D eigenvalue weighted by atomic mass is 28.4. The van der Waals surface area contributed by atoms with Crippen LogP contribution >= 0.6 is 0 Å². The summed E-state index contributed by atoms with van der Waals surface area (Å²) in [5, 5.41) is 10.6. The molecule has 0 aliphatic carbocycles. The van der Waals surface area contributed by atoms with Crippen molar-refractivity contribution >= 4 is 26.2 Å². The molecule has 1 aliphatic heterocycles. The van der Waals surface area contributed by atoms with Crippen LogP contribution in [0.3, 0.4) is 0 Å². The first-order valence-corrected chi connectivity index (χ1v) is 14.3. The lowest BCUT2D eigenvalue weighted by Gasteiger charge is -2.39. The number of carbonyl (C=O) groups is 3. The minimum Gasteiger partial charge on any atom is -0.507 e. The SMILES string of the molecule is COC(=O)[C@@H]1C[C@H](OC(C)=O)C(OC(C)=O)[C@H](Oc2ccc(CO[Si](C)(C)C(C)(C)C)c(O)c2)O1. The average molecular weight is 513 g/mol. The Labute approximate surface area is 206 Å². The molecule has 1 saturated heterocycles. The van der Waals surface area contributed by atoms with E-state index in [-0.39, 0.29) is 29.6 Å². The van der Waals surface area contributed by atoms with Crippen LogP contribution in [0.15, 0.2) is 18.2 Å². The maximum atomic E-state index is 12.1. The minimum atomic E-state index is -2.02. The van der Waals surface area contributed by atoms with E-state index in [1.807, 2.05) is 0 Å². The van der Waals surface area contributed by atoms with Crippen LogP contribution in [0.1, 0.15) is 46.6 Å². The average Bonchev–Trinajstić information content (AvgIpc) is 2.73. The van der Waals surface area contributed by atoms with Crippen molar-refractivity contribution in [1.82, 2.24) is 0 Å². The van der Waals surface area contributed by atoms with Crippen LogP contribution in [0.25, 0.3) is 0 Å². The van der Waals surface area contributed by atoms with E-state index in [0.29, 0.717) is 5.56 Å². The van der Waals surface area contributed by atoms with Crippen molar-refractivity contribution in [3.05, 3.63) is 23.8 Å². The Bertz CT molecular complexity index is 923. The van der Waals surface area contributed by atoms with Crippen molar-refractivity contribution in [2.75, 3.05) is 7.11 Å². The number of ether oxygens (including phenoxy) is 5. The minimum absolute atomic E-state index is 0.0182. The van der Waals surface area contributed by atoms with E-state index in [2.05, 4.69) is 33.9 Å². The van der Waals surface area contributed by atoms with Gasteiger partial charge in [-0.2, -0.15) is 0 Å². The molecule has 0 bridgehead atoms. The number of phenolic OH excluding ortho intramolecular Hbond substituents is 1. The van der Waals surface area contributed by atoms with Crippen molar-refractivity contribution < 1.29 is 47.6 Å². The van der Waals surface area contributed by atoms with Gasteiger partial charge in [0.25, 0.3) is 0 Å². The summed E-state index contributed by atoms with van der Waals surface area (Å²) in [6.45, 7) is 13.3. The summed E-state index contributed by atoms with van der Waals surface area (Å²) < 4.78 is 33.1. The second-order valence-electron chi connectivity index (χ2n) is 9.93. The molecule has 0 radical (unpaired) electrons. The predicted octanol–water partition coefficient (Wildman–Crippen LogP) is 3.44. The quantitative estimate of drug-likeness (QED) is 0.314. The van der Waals surface area contributed by atoms with Gasteiger partial charge < -0.3 is 33.2 Å². The standard InChI is InChI=1S/C24H36O10Si/c1-14(25)31-19-12-20(22(28)29-6)34-23(21(19)32-15(2)26)33-17-10-9-16(18(27)11-17)13-30-35(7,8)24(3,4)5/h9-11,19-21,23,27H,12-13H2,1-8H3/t19-,20-,21?,23+/m0/s1. The van der Waals surface area contributed by atoms with Crippen LogP contribution in [0.2, 0.25) is 18.1 Å². The third-order valence-electron chi connectivity index (χ3n) is 6.17. The summed E-state index contributed by atoms with van der Waals surface area (Å²) >= 11 is 0. The van der Waals surface area contributed by atoms with Crippen LogP contribution < -0.4 is 4.74 Å². The van der Waals surface area contributed by atoms with Crippen LogP contribution in [0, 0.1) is 0 Å². The first kappa shape index (κ1) is 28.6. The monoisotopic (exact) mass is 512 g/mol. The molecule has 196 valence electrons. The normalized spacial score (nSPS) is 22.7. The Balaban J connectivity index is 2.25. The number of aromatic hydroxyl groups is 1. The highest BCUT2D eigenvalue weighted by molar-refractivity contribution is 6.74. The molecule has 2 rings (SSSR count). The van der Waals surface area contributed by atoms with E-state index in [4.69, 9.17) is 28.1 Å².